The summed E-state index contributed by atoms with van der Waals surface area (Å²) in [5.74, 6) is 0. The van der Waals surface area contributed by atoms with E-state index in [1.165, 1.54) is 0 Å². The van der Waals surface area contributed by atoms with Gasteiger partial charge in [-0.25, -0.2) is 9.97 Å². The van der Waals surface area contributed by atoms with Crippen molar-refractivity contribution in [3.8, 4) is 0 Å². The zero-order valence-electron chi connectivity index (χ0n) is 11.3. The van der Waals surface area contributed by atoms with Crippen molar-refractivity contribution in [2.75, 3.05) is 6.54 Å². The summed E-state index contributed by atoms with van der Waals surface area (Å²) in [6.45, 7) is 2.96. The number of benzene rings is 1. The standard InChI is InChI=1S/C16H16N4/c1-2-19-16(14-8-17-11-18-9-14)13-7-12-5-3-4-6-15(12)20-10-13/h3-11,16,19H,2H2,1H3. The molecule has 0 aliphatic rings. The maximum Gasteiger partial charge on any atom is 0.115 e. The Labute approximate surface area is 117 Å². The van der Waals surface area contributed by atoms with Gasteiger partial charge in [-0.2, -0.15) is 0 Å². The van der Waals surface area contributed by atoms with Crippen molar-refractivity contribution < 1.29 is 0 Å². The number of aromatic nitrogens is 3. The summed E-state index contributed by atoms with van der Waals surface area (Å²) in [7, 11) is 0. The van der Waals surface area contributed by atoms with E-state index in [1.54, 1.807) is 6.33 Å². The molecule has 0 amide bonds. The van der Waals surface area contributed by atoms with Gasteiger partial charge in [-0.15, -0.1) is 0 Å². The molecule has 1 atom stereocenters. The Balaban J connectivity index is 2.05. The molecule has 0 spiro atoms. The van der Waals surface area contributed by atoms with E-state index in [0.717, 1.165) is 28.6 Å². The highest BCUT2D eigenvalue weighted by Crippen LogP contribution is 2.23. The van der Waals surface area contributed by atoms with Crippen molar-refractivity contribution in [1.82, 2.24) is 20.3 Å². The van der Waals surface area contributed by atoms with Crippen molar-refractivity contribution in [2.45, 2.75) is 13.0 Å². The van der Waals surface area contributed by atoms with E-state index in [1.807, 2.05) is 36.8 Å². The van der Waals surface area contributed by atoms with Crippen LogP contribution < -0.4 is 5.32 Å². The van der Waals surface area contributed by atoms with Gasteiger partial charge in [-0.3, -0.25) is 4.98 Å². The number of nitrogens with zero attached hydrogens (tertiary/aromatic N) is 3. The normalized spacial score (nSPS) is 12.4. The smallest absolute Gasteiger partial charge is 0.115 e. The van der Waals surface area contributed by atoms with Gasteiger partial charge in [0.25, 0.3) is 0 Å². The Kier molecular flexibility index (Phi) is 3.65. The second kappa shape index (κ2) is 5.75. The van der Waals surface area contributed by atoms with Crippen LogP contribution >= 0.6 is 0 Å². The van der Waals surface area contributed by atoms with E-state index in [-0.39, 0.29) is 6.04 Å². The van der Waals surface area contributed by atoms with E-state index < -0.39 is 0 Å². The third kappa shape index (κ3) is 2.51. The van der Waals surface area contributed by atoms with Gasteiger partial charge >= 0.3 is 0 Å². The molecule has 3 aromatic rings. The number of nitrogens with one attached hydrogen (secondary N) is 1. The molecule has 0 bridgehead atoms. The minimum Gasteiger partial charge on any atom is -0.306 e. The zero-order chi connectivity index (χ0) is 13.8. The number of hydrogen-bond acceptors (Lipinski definition) is 4. The number of fused-ring (bicyclic) bond motifs is 1. The zero-order valence-corrected chi connectivity index (χ0v) is 11.3. The fourth-order valence-electron chi connectivity index (χ4n) is 2.34. The highest BCUT2D eigenvalue weighted by molar-refractivity contribution is 5.78. The van der Waals surface area contributed by atoms with Crippen molar-refractivity contribution in [2.24, 2.45) is 0 Å². The van der Waals surface area contributed by atoms with Crippen molar-refractivity contribution in [3.63, 3.8) is 0 Å². The Morgan fingerprint density at radius 2 is 1.85 bits per heavy atom. The first kappa shape index (κ1) is 12.7. The van der Waals surface area contributed by atoms with Gasteiger partial charge < -0.3 is 5.32 Å². The third-order valence-corrected chi connectivity index (χ3v) is 3.27. The van der Waals surface area contributed by atoms with Crippen LogP contribution in [-0.4, -0.2) is 21.5 Å². The Morgan fingerprint density at radius 1 is 1.05 bits per heavy atom. The van der Waals surface area contributed by atoms with Crippen LogP contribution in [0.1, 0.15) is 24.1 Å². The van der Waals surface area contributed by atoms with E-state index in [9.17, 15) is 0 Å². The molecule has 4 heteroatoms. The molecular weight excluding hydrogens is 248 g/mol. The first-order chi connectivity index (χ1) is 9.88. The molecule has 0 saturated heterocycles. The molecule has 3 rings (SSSR count). The van der Waals surface area contributed by atoms with Gasteiger partial charge in [0.05, 0.1) is 11.6 Å². The van der Waals surface area contributed by atoms with Crippen LogP contribution in [0.15, 0.2) is 55.2 Å². The van der Waals surface area contributed by atoms with E-state index in [0.29, 0.717) is 0 Å². The van der Waals surface area contributed by atoms with Gasteiger partial charge in [0.2, 0.25) is 0 Å². The fraction of sp³-hybridized carbons (Fsp3) is 0.188. The summed E-state index contributed by atoms with van der Waals surface area (Å²) in [5.41, 5.74) is 3.18. The number of pyridine rings is 1. The van der Waals surface area contributed by atoms with Crippen molar-refractivity contribution >= 4 is 10.9 Å². The summed E-state index contributed by atoms with van der Waals surface area (Å²) in [6, 6.07) is 10.4. The lowest BCUT2D eigenvalue weighted by Crippen LogP contribution is -2.22. The molecule has 1 unspecified atom stereocenters. The minimum atomic E-state index is 0.0679. The summed E-state index contributed by atoms with van der Waals surface area (Å²) in [6.07, 6.45) is 7.15. The largest absolute Gasteiger partial charge is 0.306 e. The molecule has 1 aromatic carbocycles. The summed E-state index contributed by atoms with van der Waals surface area (Å²) < 4.78 is 0. The second-order valence-corrected chi connectivity index (χ2v) is 4.62. The van der Waals surface area contributed by atoms with Crippen LogP contribution in [0.3, 0.4) is 0 Å². The molecular formula is C16H16N4. The molecule has 4 nitrogen and oxygen atoms in total. The Hall–Kier alpha value is -2.33. The van der Waals surface area contributed by atoms with Crippen LogP contribution in [0.2, 0.25) is 0 Å². The molecule has 0 aliphatic carbocycles. The lowest BCUT2D eigenvalue weighted by atomic mass is 10.0. The van der Waals surface area contributed by atoms with Crippen LogP contribution in [0, 0.1) is 0 Å². The van der Waals surface area contributed by atoms with Gasteiger partial charge in [0.1, 0.15) is 6.33 Å². The monoisotopic (exact) mass is 264 g/mol. The number of hydrogen-bond donors (Lipinski definition) is 1. The lowest BCUT2D eigenvalue weighted by Gasteiger charge is -2.18. The fourth-order valence-corrected chi connectivity index (χ4v) is 2.34. The van der Waals surface area contributed by atoms with Gasteiger partial charge in [-0.1, -0.05) is 25.1 Å². The van der Waals surface area contributed by atoms with Crippen LogP contribution in [0.25, 0.3) is 10.9 Å². The third-order valence-electron chi connectivity index (χ3n) is 3.27. The predicted molar refractivity (Wildman–Crippen MR) is 79.3 cm³/mol. The van der Waals surface area contributed by atoms with Crippen LogP contribution in [-0.2, 0) is 0 Å². The van der Waals surface area contributed by atoms with Crippen LogP contribution in [0.4, 0.5) is 0 Å². The van der Waals surface area contributed by atoms with Crippen molar-refractivity contribution in [3.05, 3.63) is 66.4 Å². The molecule has 0 aliphatic heterocycles. The first-order valence-electron chi connectivity index (χ1n) is 6.71. The summed E-state index contributed by atoms with van der Waals surface area (Å²) >= 11 is 0. The summed E-state index contributed by atoms with van der Waals surface area (Å²) in [5, 5.41) is 4.60. The number of para-hydroxylation sites is 1. The van der Waals surface area contributed by atoms with Gasteiger partial charge in [-0.05, 0) is 24.2 Å². The Morgan fingerprint density at radius 3 is 2.65 bits per heavy atom. The molecule has 2 heterocycles. The molecule has 1 N–H and O–H groups in total. The highest BCUT2D eigenvalue weighted by Gasteiger charge is 2.14. The lowest BCUT2D eigenvalue weighted by molar-refractivity contribution is 0.625. The van der Waals surface area contributed by atoms with Gasteiger partial charge in [0, 0.05) is 29.5 Å². The maximum absolute atomic E-state index is 4.53. The highest BCUT2D eigenvalue weighted by atomic mass is 14.9. The first-order valence-corrected chi connectivity index (χ1v) is 6.71. The Bertz CT molecular complexity index is 697. The molecule has 20 heavy (non-hydrogen) atoms. The molecule has 2 aromatic heterocycles. The molecule has 100 valence electrons. The van der Waals surface area contributed by atoms with E-state index in [2.05, 4.69) is 39.3 Å². The quantitative estimate of drug-likeness (QED) is 0.787. The van der Waals surface area contributed by atoms with Gasteiger partial charge in [0.15, 0.2) is 0 Å². The topological polar surface area (TPSA) is 50.7 Å². The minimum absolute atomic E-state index is 0.0679. The average Bonchev–Trinajstić information content (AvgIpc) is 2.53. The van der Waals surface area contributed by atoms with Crippen molar-refractivity contribution in [1.29, 1.82) is 0 Å². The summed E-state index contributed by atoms with van der Waals surface area (Å²) in [4.78, 5) is 12.7. The average molecular weight is 264 g/mol. The van der Waals surface area contributed by atoms with Crippen LogP contribution in [0.5, 0.6) is 0 Å². The molecule has 0 fully saturated rings. The molecule has 0 saturated carbocycles. The van der Waals surface area contributed by atoms with E-state index in [4.69, 9.17) is 0 Å². The second-order valence-electron chi connectivity index (χ2n) is 4.62. The maximum atomic E-state index is 4.53. The predicted octanol–water partition coefficient (Wildman–Crippen LogP) is 2.72. The number of rotatable bonds is 4. The molecule has 0 radical (unpaired) electrons. The SMILES string of the molecule is CCNC(c1cncnc1)c1cnc2ccccc2c1. The van der Waals surface area contributed by atoms with E-state index >= 15 is 0 Å².